The van der Waals surface area contributed by atoms with Gasteiger partial charge >= 0.3 is 0 Å². The Kier molecular flexibility index (Phi) is 15.6. The molecule has 24 heavy (non-hydrogen) atoms. The average Bonchev–Trinajstić information content (AvgIpc) is 2.62. The van der Waals surface area contributed by atoms with E-state index >= 15 is 0 Å². The zero-order chi connectivity index (χ0) is 17.1. The van der Waals surface area contributed by atoms with Crippen molar-refractivity contribution in [2.45, 2.75) is 103 Å². The smallest absolute Gasteiger partial charge is 0.0502 e. The molecule has 0 saturated carbocycles. The third-order valence-corrected chi connectivity index (χ3v) is 5.70. The van der Waals surface area contributed by atoms with Crippen LogP contribution in [0.5, 0.6) is 0 Å². The fourth-order valence-corrected chi connectivity index (χ4v) is 3.99. The SMILES string of the molecule is CCCCCCCCCCCCCCCCSCc1ccccn1. The zero-order valence-corrected chi connectivity index (χ0v) is 16.8. The highest BCUT2D eigenvalue weighted by atomic mass is 32.2. The van der Waals surface area contributed by atoms with Crippen LogP contribution in [0.1, 0.15) is 103 Å². The van der Waals surface area contributed by atoms with Crippen molar-refractivity contribution in [1.29, 1.82) is 0 Å². The lowest BCUT2D eigenvalue weighted by molar-refractivity contribution is 0.538. The van der Waals surface area contributed by atoms with Crippen LogP contribution in [-0.2, 0) is 5.75 Å². The summed E-state index contributed by atoms with van der Waals surface area (Å²) < 4.78 is 0. The Labute approximate surface area is 155 Å². The molecule has 0 aliphatic heterocycles. The fraction of sp³-hybridized carbons (Fsp3) is 0.773. The van der Waals surface area contributed by atoms with Crippen molar-refractivity contribution in [3.05, 3.63) is 30.1 Å². The van der Waals surface area contributed by atoms with E-state index < -0.39 is 0 Å². The van der Waals surface area contributed by atoms with Crippen molar-refractivity contribution in [3.8, 4) is 0 Å². The first-order chi connectivity index (χ1) is 11.9. The molecule has 0 N–H and O–H groups in total. The Bertz CT molecular complexity index is 352. The highest BCUT2D eigenvalue weighted by Crippen LogP contribution is 2.15. The highest BCUT2D eigenvalue weighted by molar-refractivity contribution is 7.98. The topological polar surface area (TPSA) is 12.9 Å². The van der Waals surface area contributed by atoms with Crippen molar-refractivity contribution in [1.82, 2.24) is 4.98 Å². The minimum Gasteiger partial charge on any atom is -0.260 e. The molecule has 1 aromatic heterocycles. The van der Waals surface area contributed by atoms with Crippen LogP contribution in [0.3, 0.4) is 0 Å². The summed E-state index contributed by atoms with van der Waals surface area (Å²) in [6, 6.07) is 6.19. The normalized spacial score (nSPS) is 11.0. The first-order valence-electron chi connectivity index (χ1n) is 10.4. The van der Waals surface area contributed by atoms with Crippen LogP contribution >= 0.6 is 11.8 Å². The third-order valence-electron chi connectivity index (χ3n) is 4.62. The van der Waals surface area contributed by atoms with Crippen LogP contribution in [0.25, 0.3) is 0 Å². The Morgan fingerprint density at radius 3 is 1.75 bits per heavy atom. The van der Waals surface area contributed by atoms with Gasteiger partial charge in [-0.2, -0.15) is 11.8 Å². The van der Waals surface area contributed by atoms with E-state index in [4.69, 9.17) is 0 Å². The van der Waals surface area contributed by atoms with Gasteiger partial charge in [0.1, 0.15) is 0 Å². The maximum atomic E-state index is 4.37. The predicted molar refractivity (Wildman–Crippen MR) is 111 cm³/mol. The quantitative estimate of drug-likeness (QED) is 0.266. The Morgan fingerprint density at radius 1 is 0.708 bits per heavy atom. The second-order valence-corrected chi connectivity index (χ2v) is 8.08. The first kappa shape index (κ1) is 21.5. The van der Waals surface area contributed by atoms with Crippen LogP contribution < -0.4 is 0 Å². The molecule has 0 radical (unpaired) electrons. The largest absolute Gasteiger partial charge is 0.260 e. The van der Waals surface area contributed by atoms with Crippen LogP contribution in [0.4, 0.5) is 0 Å². The molecule has 0 atom stereocenters. The zero-order valence-electron chi connectivity index (χ0n) is 16.0. The molecule has 2 heteroatoms. The summed E-state index contributed by atoms with van der Waals surface area (Å²) >= 11 is 2.03. The maximum absolute atomic E-state index is 4.37. The molecular weight excluding hydrogens is 310 g/mol. The molecule has 0 aromatic carbocycles. The molecule has 1 nitrogen and oxygen atoms in total. The molecule has 0 spiro atoms. The molecule has 0 saturated heterocycles. The van der Waals surface area contributed by atoms with Crippen molar-refractivity contribution < 1.29 is 0 Å². The number of aromatic nitrogens is 1. The lowest BCUT2D eigenvalue weighted by Crippen LogP contribution is -1.87. The van der Waals surface area contributed by atoms with Gasteiger partial charge in [-0.25, -0.2) is 0 Å². The number of pyridine rings is 1. The molecule has 0 aliphatic rings. The van der Waals surface area contributed by atoms with Crippen LogP contribution in [-0.4, -0.2) is 10.7 Å². The highest BCUT2D eigenvalue weighted by Gasteiger charge is 1.96. The summed E-state index contributed by atoms with van der Waals surface area (Å²) in [5, 5.41) is 0. The number of rotatable bonds is 17. The summed E-state index contributed by atoms with van der Waals surface area (Å²) in [5.41, 5.74) is 1.22. The molecule has 1 heterocycles. The molecule has 1 rings (SSSR count). The van der Waals surface area contributed by atoms with Gasteiger partial charge in [0.25, 0.3) is 0 Å². The van der Waals surface area contributed by atoms with Gasteiger partial charge in [0.2, 0.25) is 0 Å². The van der Waals surface area contributed by atoms with Gasteiger partial charge in [0.15, 0.2) is 0 Å². The van der Waals surface area contributed by atoms with E-state index in [1.54, 1.807) is 0 Å². The van der Waals surface area contributed by atoms with Gasteiger partial charge in [-0.1, -0.05) is 96.5 Å². The van der Waals surface area contributed by atoms with E-state index in [0.717, 1.165) is 5.75 Å². The van der Waals surface area contributed by atoms with E-state index in [1.807, 2.05) is 24.0 Å². The van der Waals surface area contributed by atoms with E-state index in [0.29, 0.717) is 0 Å². The fourth-order valence-electron chi connectivity index (χ4n) is 3.06. The summed E-state index contributed by atoms with van der Waals surface area (Å²) in [4.78, 5) is 4.37. The molecule has 0 fully saturated rings. The number of unbranched alkanes of at least 4 members (excludes halogenated alkanes) is 13. The number of hydrogen-bond donors (Lipinski definition) is 0. The summed E-state index contributed by atoms with van der Waals surface area (Å²) in [6.07, 6.45) is 22.1. The van der Waals surface area contributed by atoms with Gasteiger partial charge in [-0.15, -0.1) is 0 Å². The van der Waals surface area contributed by atoms with Gasteiger partial charge in [-0.05, 0) is 24.3 Å². The maximum Gasteiger partial charge on any atom is 0.0502 e. The van der Waals surface area contributed by atoms with Crippen molar-refractivity contribution in [3.63, 3.8) is 0 Å². The minimum absolute atomic E-state index is 1.07. The number of thioether (sulfide) groups is 1. The van der Waals surface area contributed by atoms with E-state index in [1.165, 1.54) is 101 Å². The lowest BCUT2D eigenvalue weighted by atomic mass is 10.0. The predicted octanol–water partition coefficient (Wildman–Crippen LogP) is 7.80. The molecule has 0 aliphatic carbocycles. The number of nitrogens with zero attached hydrogens (tertiary/aromatic N) is 1. The molecule has 1 aromatic rings. The average molecular weight is 350 g/mol. The Balaban J connectivity index is 1.70. The minimum atomic E-state index is 1.07. The number of hydrogen-bond acceptors (Lipinski definition) is 2. The van der Waals surface area contributed by atoms with E-state index in [-0.39, 0.29) is 0 Å². The molecule has 0 amide bonds. The van der Waals surface area contributed by atoms with Crippen LogP contribution in [0, 0.1) is 0 Å². The third kappa shape index (κ3) is 13.9. The van der Waals surface area contributed by atoms with E-state index in [2.05, 4.69) is 24.0 Å². The van der Waals surface area contributed by atoms with Crippen LogP contribution in [0.2, 0.25) is 0 Å². The monoisotopic (exact) mass is 349 g/mol. The van der Waals surface area contributed by atoms with Crippen molar-refractivity contribution >= 4 is 11.8 Å². The Hall–Kier alpha value is -0.500. The van der Waals surface area contributed by atoms with Gasteiger partial charge < -0.3 is 0 Å². The van der Waals surface area contributed by atoms with Crippen molar-refractivity contribution in [2.24, 2.45) is 0 Å². The summed E-state index contributed by atoms with van der Waals surface area (Å²) in [7, 11) is 0. The van der Waals surface area contributed by atoms with Gasteiger partial charge in [0, 0.05) is 11.9 Å². The second-order valence-electron chi connectivity index (χ2n) is 6.97. The van der Waals surface area contributed by atoms with Gasteiger partial charge in [-0.3, -0.25) is 4.98 Å². The molecule has 0 bridgehead atoms. The summed E-state index contributed by atoms with van der Waals surface area (Å²) in [5.74, 6) is 2.36. The Morgan fingerprint density at radius 2 is 1.25 bits per heavy atom. The van der Waals surface area contributed by atoms with Crippen molar-refractivity contribution in [2.75, 3.05) is 5.75 Å². The lowest BCUT2D eigenvalue weighted by Gasteiger charge is -2.03. The van der Waals surface area contributed by atoms with E-state index in [9.17, 15) is 0 Å². The van der Waals surface area contributed by atoms with Gasteiger partial charge in [0.05, 0.1) is 5.69 Å². The molecule has 138 valence electrons. The summed E-state index contributed by atoms with van der Waals surface area (Å²) in [6.45, 7) is 2.29. The molecular formula is C22H39NS. The van der Waals surface area contributed by atoms with Crippen LogP contribution in [0.15, 0.2) is 24.4 Å². The second kappa shape index (κ2) is 17.3. The first-order valence-corrected chi connectivity index (χ1v) is 11.6. The molecule has 0 unspecified atom stereocenters. The standard InChI is InChI=1S/C22H39NS/c1-2-3-4-5-6-7-8-9-10-11-12-13-14-17-20-24-21-22-18-15-16-19-23-22/h15-16,18-19H,2-14,17,20-21H2,1H3.